The topological polar surface area (TPSA) is 96.3 Å². The molecule has 1 aliphatic rings. The number of nitrogens with zero attached hydrogens (tertiary/aromatic N) is 4. The highest BCUT2D eigenvalue weighted by molar-refractivity contribution is 5.96. The second kappa shape index (κ2) is 5.88. The first kappa shape index (κ1) is 14.1. The van der Waals surface area contributed by atoms with Crippen LogP contribution in [-0.4, -0.2) is 49.4 Å². The summed E-state index contributed by atoms with van der Waals surface area (Å²) >= 11 is 0. The lowest BCUT2D eigenvalue weighted by Crippen LogP contribution is -2.40. The van der Waals surface area contributed by atoms with Gasteiger partial charge in [0.15, 0.2) is 5.82 Å². The molecular formula is C15H14N4O3. The quantitative estimate of drug-likeness (QED) is 0.915. The van der Waals surface area contributed by atoms with Crippen LogP contribution >= 0.6 is 0 Å². The lowest BCUT2D eigenvalue weighted by atomic mass is 10.2. The van der Waals surface area contributed by atoms with Crippen LogP contribution in [-0.2, 0) is 4.79 Å². The van der Waals surface area contributed by atoms with Crippen molar-refractivity contribution < 1.29 is 14.7 Å². The fraction of sp³-hybridized carbons (Fsp3) is 0.267. The van der Waals surface area contributed by atoms with E-state index >= 15 is 0 Å². The largest absolute Gasteiger partial charge is 0.480 e. The molecule has 0 radical (unpaired) electrons. The number of pyridine rings is 1. The van der Waals surface area contributed by atoms with Crippen LogP contribution in [0.5, 0.6) is 0 Å². The third-order valence-corrected chi connectivity index (χ3v) is 3.59. The maximum absolute atomic E-state index is 12.4. The molecule has 1 fully saturated rings. The standard InChI is InChI=1S/C15H14N4O3/c20-14(19-7-3-5-12(19)15(21)22)10-8-17-13(18-9-10)11-4-1-2-6-16-11/h1-2,4,6,8-9,12H,3,5,7H2,(H,21,22)/t12-/m1/s1. The summed E-state index contributed by atoms with van der Waals surface area (Å²) in [4.78, 5) is 37.3. The minimum Gasteiger partial charge on any atom is -0.480 e. The predicted octanol–water partition coefficient (Wildman–Crippen LogP) is 1.23. The molecule has 0 aliphatic carbocycles. The summed E-state index contributed by atoms with van der Waals surface area (Å²) in [6.07, 6.45) is 5.64. The molecule has 3 heterocycles. The van der Waals surface area contributed by atoms with Gasteiger partial charge >= 0.3 is 5.97 Å². The van der Waals surface area contributed by atoms with E-state index in [-0.39, 0.29) is 11.5 Å². The van der Waals surface area contributed by atoms with Crippen molar-refractivity contribution in [2.75, 3.05) is 6.54 Å². The molecule has 112 valence electrons. The highest BCUT2D eigenvalue weighted by Crippen LogP contribution is 2.20. The molecule has 1 N–H and O–H groups in total. The van der Waals surface area contributed by atoms with E-state index in [0.29, 0.717) is 30.9 Å². The molecule has 0 bridgehead atoms. The number of carbonyl (C=O) groups is 2. The van der Waals surface area contributed by atoms with Crippen molar-refractivity contribution in [3.05, 3.63) is 42.4 Å². The number of aromatic nitrogens is 3. The SMILES string of the molecule is O=C(O)[C@H]1CCCN1C(=O)c1cnc(-c2ccccn2)nc1. The molecular weight excluding hydrogens is 284 g/mol. The maximum atomic E-state index is 12.4. The molecule has 1 aliphatic heterocycles. The maximum Gasteiger partial charge on any atom is 0.326 e. The van der Waals surface area contributed by atoms with Gasteiger partial charge in [-0.05, 0) is 25.0 Å². The van der Waals surface area contributed by atoms with Crippen molar-refractivity contribution in [1.29, 1.82) is 0 Å². The molecule has 0 spiro atoms. The number of hydrogen-bond donors (Lipinski definition) is 1. The van der Waals surface area contributed by atoms with Gasteiger partial charge in [0, 0.05) is 25.1 Å². The van der Waals surface area contributed by atoms with Gasteiger partial charge in [0.1, 0.15) is 11.7 Å². The van der Waals surface area contributed by atoms with E-state index in [9.17, 15) is 9.59 Å². The Morgan fingerprint density at radius 2 is 1.95 bits per heavy atom. The van der Waals surface area contributed by atoms with Crippen molar-refractivity contribution in [1.82, 2.24) is 19.9 Å². The van der Waals surface area contributed by atoms with E-state index in [1.807, 2.05) is 6.07 Å². The Balaban J connectivity index is 1.81. The molecule has 2 aromatic rings. The van der Waals surface area contributed by atoms with Crippen LogP contribution in [0.1, 0.15) is 23.2 Å². The third kappa shape index (κ3) is 2.65. The molecule has 0 aromatic carbocycles. The Bertz CT molecular complexity index is 688. The summed E-state index contributed by atoms with van der Waals surface area (Å²) in [5.41, 5.74) is 0.902. The number of aliphatic carboxylic acids is 1. The number of rotatable bonds is 3. The van der Waals surface area contributed by atoms with E-state index in [1.165, 1.54) is 17.3 Å². The Hall–Kier alpha value is -2.83. The number of amides is 1. The molecule has 0 saturated carbocycles. The lowest BCUT2D eigenvalue weighted by molar-refractivity contribution is -0.141. The normalized spacial score (nSPS) is 17.5. The van der Waals surface area contributed by atoms with Gasteiger partial charge in [-0.15, -0.1) is 0 Å². The summed E-state index contributed by atoms with van der Waals surface area (Å²) in [6, 6.07) is 4.63. The van der Waals surface area contributed by atoms with Crippen LogP contribution in [0, 0.1) is 0 Å². The summed E-state index contributed by atoms with van der Waals surface area (Å²) in [5.74, 6) is -0.900. The van der Waals surface area contributed by atoms with Crippen LogP contribution in [0.3, 0.4) is 0 Å². The van der Waals surface area contributed by atoms with Crippen LogP contribution < -0.4 is 0 Å². The minimum absolute atomic E-state index is 0.285. The van der Waals surface area contributed by atoms with Gasteiger partial charge in [-0.25, -0.2) is 14.8 Å². The summed E-state index contributed by atoms with van der Waals surface area (Å²) in [6.45, 7) is 0.442. The molecule has 22 heavy (non-hydrogen) atoms. The number of carboxylic acids is 1. The molecule has 1 saturated heterocycles. The average molecular weight is 298 g/mol. The van der Waals surface area contributed by atoms with E-state index in [1.54, 1.807) is 18.3 Å². The molecule has 0 unspecified atom stereocenters. The van der Waals surface area contributed by atoms with Crippen LogP contribution in [0.15, 0.2) is 36.8 Å². The summed E-state index contributed by atoms with van der Waals surface area (Å²) in [7, 11) is 0. The van der Waals surface area contributed by atoms with Gasteiger partial charge in [-0.1, -0.05) is 6.07 Å². The smallest absolute Gasteiger partial charge is 0.326 e. The molecule has 1 atom stereocenters. The lowest BCUT2D eigenvalue weighted by Gasteiger charge is -2.21. The highest BCUT2D eigenvalue weighted by atomic mass is 16.4. The van der Waals surface area contributed by atoms with E-state index in [2.05, 4.69) is 15.0 Å². The average Bonchev–Trinajstić information content (AvgIpc) is 3.05. The number of carbonyl (C=O) groups excluding carboxylic acids is 1. The van der Waals surface area contributed by atoms with Gasteiger partial charge in [0.2, 0.25) is 0 Å². The van der Waals surface area contributed by atoms with E-state index < -0.39 is 12.0 Å². The van der Waals surface area contributed by atoms with E-state index in [4.69, 9.17) is 5.11 Å². The molecule has 7 heteroatoms. The number of hydrogen-bond acceptors (Lipinski definition) is 5. The van der Waals surface area contributed by atoms with Crippen molar-refractivity contribution in [3.8, 4) is 11.5 Å². The van der Waals surface area contributed by atoms with Crippen LogP contribution in [0.25, 0.3) is 11.5 Å². The zero-order valence-electron chi connectivity index (χ0n) is 11.7. The Kier molecular flexibility index (Phi) is 3.78. The van der Waals surface area contributed by atoms with Crippen molar-refractivity contribution >= 4 is 11.9 Å². The molecule has 2 aromatic heterocycles. The molecule has 1 amide bonds. The number of likely N-dealkylation sites (tertiary alicyclic amines) is 1. The zero-order chi connectivity index (χ0) is 15.5. The fourth-order valence-electron chi connectivity index (χ4n) is 2.50. The first-order chi connectivity index (χ1) is 10.7. The van der Waals surface area contributed by atoms with Gasteiger partial charge in [-0.3, -0.25) is 9.78 Å². The fourth-order valence-corrected chi connectivity index (χ4v) is 2.50. The van der Waals surface area contributed by atoms with Crippen molar-refractivity contribution in [2.45, 2.75) is 18.9 Å². The highest BCUT2D eigenvalue weighted by Gasteiger charge is 2.34. The first-order valence-electron chi connectivity index (χ1n) is 6.94. The minimum atomic E-state index is -0.975. The summed E-state index contributed by atoms with van der Waals surface area (Å²) in [5, 5.41) is 9.14. The van der Waals surface area contributed by atoms with Crippen molar-refractivity contribution in [3.63, 3.8) is 0 Å². The van der Waals surface area contributed by atoms with Gasteiger partial charge < -0.3 is 10.0 Å². The van der Waals surface area contributed by atoms with Crippen LogP contribution in [0.2, 0.25) is 0 Å². The zero-order valence-corrected chi connectivity index (χ0v) is 11.7. The first-order valence-corrected chi connectivity index (χ1v) is 6.94. The number of carboxylic acid groups (broad SMARTS) is 1. The summed E-state index contributed by atoms with van der Waals surface area (Å²) < 4.78 is 0. The van der Waals surface area contributed by atoms with E-state index in [0.717, 1.165) is 0 Å². The van der Waals surface area contributed by atoms with Gasteiger partial charge in [-0.2, -0.15) is 0 Å². The van der Waals surface area contributed by atoms with Gasteiger partial charge in [0.25, 0.3) is 5.91 Å². The molecule has 7 nitrogen and oxygen atoms in total. The monoisotopic (exact) mass is 298 g/mol. The Morgan fingerprint density at radius 1 is 1.18 bits per heavy atom. The Labute approximate surface area is 126 Å². The second-order valence-electron chi connectivity index (χ2n) is 5.01. The second-order valence-corrected chi connectivity index (χ2v) is 5.01. The van der Waals surface area contributed by atoms with Crippen molar-refractivity contribution in [2.24, 2.45) is 0 Å². The predicted molar refractivity (Wildman–Crippen MR) is 77.0 cm³/mol. The Morgan fingerprint density at radius 3 is 2.59 bits per heavy atom. The molecule has 3 rings (SSSR count). The van der Waals surface area contributed by atoms with Crippen LogP contribution in [0.4, 0.5) is 0 Å². The van der Waals surface area contributed by atoms with Gasteiger partial charge in [0.05, 0.1) is 5.56 Å². The third-order valence-electron chi connectivity index (χ3n) is 3.59.